The third-order valence-electron chi connectivity index (χ3n) is 5.18. The summed E-state index contributed by atoms with van der Waals surface area (Å²) in [7, 11) is -0.903. The van der Waals surface area contributed by atoms with E-state index in [2.05, 4.69) is 10.4 Å². The van der Waals surface area contributed by atoms with E-state index in [1.54, 1.807) is 70.3 Å². The monoisotopic (exact) mass is 476 g/mol. The van der Waals surface area contributed by atoms with Crippen LogP contribution in [0, 0.1) is 20.8 Å². The van der Waals surface area contributed by atoms with Crippen LogP contribution in [-0.2, 0) is 21.9 Å². The lowest BCUT2D eigenvalue weighted by atomic mass is 10.2. The molecule has 0 spiro atoms. The zero-order valence-corrected chi connectivity index (χ0v) is 20.1. The van der Waals surface area contributed by atoms with Crippen LogP contribution >= 0.6 is 11.6 Å². The van der Waals surface area contributed by atoms with Crippen molar-refractivity contribution in [2.45, 2.75) is 25.7 Å². The SMILES string of the molecule is COc1ccc(N(CC(=O)Nc2cccc(Cl)c2C)S(=O)(=O)c2c(C)nn(C)c2C)cc1. The quantitative estimate of drug-likeness (QED) is 0.559. The fourth-order valence-corrected chi connectivity index (χ4v) is 5.37. The number of anilines is 2. The van der Waals surface area contributed by atoms with Crippen LogP contribution < -0.4 is 14.4 Å². The van der Waals surface area contributed by atoms with Crippen LogP contribution in [0.3, 0.4) is 0 Å². The first-order valence-corrected chi connectivity index (χ1v) is 11.6. The highest BCUT2D eigenvalue weighted by molar-refractivity contribution is 7.93. The van der Waals surface area contributed by atoms with E-state index in [1.165, 1.54) is 11.8 Å². The molecule has 1 N–H and O–H groups in total. The molecule has 0 atom stereocenters. The Balaban J connectivity index is 2.02. The van der Waals surface area contributed by atoms with Gasteiger partial charge in [-0.3, -0.25) is 13.8 Å². The molecule has 0 aliphatic rings. The Labute approximate surface area is 192 Å². The average molecular weight is 477 g/mol. The van der Waals surface area contributed by atoms with E-state index in [4.69, 9.17) is 16.3 Å². The lowest BCUT2D eigenvalue weighted by molar-refractivity contribution is -0.114. The molecule has 0 bridgehead atoms. The van der Waals surface area contributed by atoms with Crippen molar-refractivity contribution in [3.63, 3.8) is 0 Å². The van der Waals surface area contributed by atoms with Gasteiger partial charge in [0.15, 0.2) is 0 Å². The number of hydrogen-bond donors (Lipinski definition) is 1. The molecule has 1 amide bonds. The lowest BCUT2D eigenvalue weighted by Crippen LogP contribution is -2.38. The lowest BCUT2D eigenvalue weighted by Gasteiger charge is -2.24. The molecule has 8 nitrogen and oxygen atoms in total. The number of carbonyl (C=O) groups is 1. The van der Waals surface area contributed by atoms with Gasteiger partial charge in [-0.1, -0.05) is 17.7 Å². The predicted octanol–water partition coefficient (Wildman–Crippen LogP) is 3.84. The second-order valence-corrected chi connectivity index (χ2v) is 9.50. The van der Waals surface area contributed by atoms with Crippen LogP contribution in [0.2, 0.25) is 5.02 Å². The molecule has 3 aromatic rings. The molecule has 170 valence electrons. The Bertz CT molecular complexity index is 1250. The number of nitrogens with zero attached hydrogens (tertiary/aromatic N) is 3. The van der Waals surface area contributed by atoms with Crippen LogP contribution in [0.1, 0.15) is 17.0 Å². The highest BCUT2D eigenvalue weighted by Gasteiger charge is 2.32. The van der Waals surface area contributed by atoms with Gasteiger partial charge in [-0.2, -0.15) is 5.10 Å². The molecule has 0 unspecified atom stereocenters. The summed E-state index contributed by atoms with van der Waals surface area (Å²) in [5, 5.41) is 7.48. The van der Waals surface area contributed by atoms with Crippen molar-refractivity contribution in [1.29, 1.82) is 0 Å². The molecular formula is C22H25ClN4O4S. The van der Waals surface area contributed by atoms with Gasteiger partial charge in [-0.25, -0.2) is 8.42 Å². The number of ether oxygens (including phenoxy) is 1. The van der Waals surface area contributed by atoms with Crippen LogP contribution in [0.25, 0.3) is 0 Å². The summed E-state index contributed by atoms with van der Waals surface area (Å²) in [4.78, 5) is 13.0. The molecule has 0 fully saturated rings. The predicted molar refractivity (Wildman–Crippen MR) is 125 cm³/mol. The van der Waals surface area contributed by atoms with Gasteiger partial charge >= 0.3 is 0 Å². The minimum atomic E-state index is -4.10. The summed E-state index contributed by atoms with van der Waals surface area (Å²) in [6.07, 6.45) is 0. The maximum atomic E-state index is 13.7. The molecule has 2 aromatic carbocycles. The van der Waals surface area contributed by atoms with E-state index in [-0.39, 0.29) is 4.90 Å². The Kier molecular flexibility index (Phi) is 6.80. The summed E-state index contributed by atoms with van der Waals surface area (Å²) in [5.74, 6) is 0.0628. The molecule has 3 rings (SSSR count). The van der Waals surface area contributed by atoms with Gasteiger partial charge in [-0.05, 0) is 62.7 Å². The van der Waals surface area contributed by atoms with Crippen LogP contribution in [0.5, 0.6) is 5.75 Å². The first-order chi connectivity index (χ1) is 15.1. The number of nitrogens with one attached hydrogen (secondary N) is 1. The van der Waals surface area contributed by atoms with Crippen LogP contribution in [0.15, 0.2) is 47.4 Å². The standard InChI is InChI=1S/C22H25ClN4O4S/c1-14-19(23)7-6-8-20(14)24-21(28)13-27(17-9-11-18(31-5)12-10-17)32(29,30)22-15(2)25-26(4)16(22)3/h6-12H,13H2,1-5H3,(H,24,28). The molecular weight excluding hydrogens is 452 g/mol. The van der Waals surface area contributed by atoms with Gasteiger partial charge in [0.05, 0.1) is 24.2 Å². The summed E-state index contributed by atoms with van der Waals surface area (Å²) in [5.41, 5.74) is 2.37. The number of sulfonamides is 1. The van der Waals surface area contributed by atoms with Gasteiger partial charge in [0, 0.05) is 17.8 Å². The van der Waals surface area contributed by atoms with Crippen molar-refractivity contribution >= 4 is 38.9 Å². The number of aromatic nitrogens is 2. The maximum absolute atomic E-state index is 13.7. The number of benzene rings is 2. The Morgan fingerprint density at radius 2 is 1.81 bits per heavy atom. The van der Waals surface area contributed by atoms with E-state index in [1.807, 2.05) is 0 Å². The topological polar surface area (TPSA) is 93.5 Å². The van der Waals surface area contributed by atoms with E-state index in [0.717, 1.165) is 4.31 Å². The number of hydrogen-bond acceptors (Lipinski definition) is 5. The van der Waals surface area contributed by atoms with E-state index >= 15 is 0 Å². The maximum Gasteiger partial charge on any atom is 0.268 e. The van der Waals surface area contributed by atoms with Crippen LogP contribution in [0.4, 0.5) is 11.4 Å². The van der Waals surface area contributed by atoms with Gasteiger partial charge in [0.2, 0.25) is 5.91 Å². The smallest absolute Gasteiger partial charge is 0.268 e. The summed E-state index contributed by atoms with van der Waals surface area (Å²) < 4.78 is 35.1. The largest absolute Gasteiger partial charge is 0.497 e. The molecule has 0 aliphatic heterocycles. The molecule has 0 saturated carbocycles. The summed E-state index contributed by atoms with van der Waals surface area (Å²) in [6, 6.07) is 11.6. The molecule has 0 aliphatic carbocycles. The van der Waals surface area contributed by atoms with E-state index in [0.29, 0.717) is 39.1 Å². The normalized spacial score (nSPS) is 11.3. The first-order valence-electron chi connectivity index (χ1n) is 9.78. The number of methoxy groups -OCH3 is 1. The van der Waals surface area contributed by atoms with Crippen molar-refractivity contribution in [2.24, 2.45) is 7.05 Å². The second kappa shape index (κ2) is 9.22. The van der Waals surface area contributed by atoms with E-state index in [9.17, 15) is 13.2 Å². The van der Waals surface area contributed by atoms with Crippen molar-refractivity contribution in [3.05, 3.63) is 64.4 Å². The van der Waals surface area contributed by atoms with Crippen molar-refractivity contribution in [3.8, 4) is 5.75 Å². The Morgan fingerprint density at radius 3 is 2.38 bits per heavy atom. The summed E-state index contributed by atoms with van der Waals surface area (Å²) >= 11 is 6.14. The van der Waals surface area contributed by atoms with Crippen molar-refractivity contribution in [2.75, 3.05) is 23.3 Å². The van der Waals surface area contributed by atoms with Crippen molar-refractivity contribution in [1.82, 2.24) is 9.78 Å². The third-order valence-corrected chi connectivity index (χ3v) is 7.62. The van der Waals surface area contributed by atoms with E-state index < -0.39 is 22.5 Å². The number of amides is 1. The fourth-order valence-electron chi connectivity index (χ4n) is 3.36. The number of rotatable bonds is 7. The fraction of sp³-hybridized carbons (Fsp3) is 0.273. The minimum absolute atomic E-state index is 0.0718. The molecule has 0 radical (unpaired) electrons. The Morgan fingerprint density at radius 1 is 1.16 bits per heavy atom. The van der Waals surface area contributed by atoms with Gasteiger partial charge in [0.25, 0.3) is 10.0 Å². The molecule has 1 aromatic heterocycles. The molecule has 10 heteroatoms. The zero-order chi connectivity index (χ0) is 23.6. The highest BCUT2D eigenvalue weighted by atomic mass is 35.5. The molecule has 1 heterocycles. The molecule has 0 saturated heterocycles. The van der Waals surface area contributed by atoms with Gasteiger partial charge in [-0.15, -0.1) is 0 Å². The number of carbonyl (C=O) groups excluding carboxylic acids is 1. The van der Waals surface area contributed by atoms with Crippen molar-refractivity contribution < 1.29 is 17.9 Å². The average Bonchev–Trinajstić information content (AvgIpc) is 3.01. The van der Waals surface area contributed by atoms with Gasteiger partial charge in [0.1, 0.15) is 17.2 Å². The number of halogens is 1. The number of aryl methyl sites for hydroxylation is 2. The third kappa shape index (κ3) is 4.58. The second-order valence-electron chi connectivity index (χ2n) is 7.29. The first kappa shape index (κ1) is 23.6. The molecule has 32 heavy (non-hydrogen) atoms. The van der Waals surface area contributed by atoms with Gasteiger partial charge < -0.3 is 10.1 Å². The Hall–Kier alpha value is -3.04. The summed E-state index contributed by atoms with van der Waals surface area (Å²) in [6.45, 7) is 4.64. The zero-order valence-electron chi connectivity index (χ0n) is 18.5. The minimum Gasteiger partial charge on any atom is -0.497 e. The highest BCUT2D eigenvalue weighted by Crippen LogP contribution is 2.29. The van der Waals surface area contributed by atoms with Crippen LogP contribution in [-0.4, -0.2) is 37.8 Å².